The summed E-state index contributed by atoms with van der Waals surface area (Å²) in [6, 6.07) is 23.8. The molecule has 5 rings (SSSR count). The summed E-state index contributed by atoms with van der Waals surface area (Å²) < 4.78 is 11.6. The first-order chi connectivity index (χ1) is 17.4. The molecule has 0 aliphatic carbocycles. The van der Waals surface area contributed by atoms with Crippen molar-refractivity contribution >= 4 is 46.1 Å². The Balaban J connectivity index is 1.23. The van der Waals surface area contributed by atoms with Gasteiger partial charge in [-0.2, -0.15) is 0 Å². The van der Waals surface area contributed by atoms with Crippen molar-refractivity contribution in [3.05, 3.63) is 96.3 Å². The number of carbonyl (C=O) groups is 1. The van der Waals surface area contributed by atoms with E-state index in [1.54, 1.807) is 24.3 Å². The maximum absolute atomic E-state index is 12.3. The molecular formula is C28H21N3O4S. The molecule has 0 unspecified atom stereocenters. The van der Waals surface area contributed by atoms with Crippen molar-refractivity contribution in [2.75, 3.05) is 5.32 Å². The van der Waals surface area contributed by atoms with Crippen LogP contribution in [0.15, 0.2) is 93.8 Å². The summed E-state index contributed by atoms with van der Waals surface area (Å²) in [5.74, 6) is 1.13. The van der Waals surface area contributed by atoms with Gasteiger partial charge in [0.1, 0.15) is 22.8 Å². The van der Waals surface area contributed by atoms with Gasteiger partial charge in [-0.3, -0.25) is 10.1 Å². The van der Waals surface area contributed by atoms with Crippen molar-refractivity contribution in [1.29, 1.82) is 0 Å². The van der Waals surface area contributed by atoms with Gasteiger partial charge in [-0.25, -0.2) is 4.98 Å². The van der Waals surface area contributed by atoms with Crippen LogP contribution in [0, 0.1) is 6.92 Å². The zero-order chi connectivity index (χ0) is 25.1. The van der Waals surface area contributed by atoms with Gasteiger partial charge in [0.25, 0.3) is 0 Å². The number of nitrogens with one attached hydrogen (secondary N) is 2. The number of phenolic OH excluding ortho intramolecular Hbond substituents is 1. The highest BCUT2D eigenvalue weighted by molar-refractivity contribution is 7.80. The molecule has 0 fully saturated rings. The summed E-state index contributed by atoms with van der Waals surface area (Å²) in [6.07, 6.45) is 2.90. The van der Waals surface area contributed by atoms with Crippen LogP contribution in [0.25, 0.3) is 40.0 Å². The molecule has 2 aromatic heterocycles. The lowest BCUT2D eigenvalue weighted by Crippen LogP contribution is -2.32. The molecule has 36 heavy (non-hydrogen) atoms. The number of amides is 1. The second-order valence-corrected chi connectivity index (χ2v) is 8.48. The first-order valence-electron chi connectivity index (χ1n) is 11.1. The number of phenols is 1. The molecule has 0 bridgehead atoms. The lowest BCUT2D eigenvalue weighted by Gasteiger charge is -2.09. The number of benzene rings is 3. The number of aryl methyl sites for hydroxylation is 1. The first-order valence-corrected chi connectivity index (χ1v) is 11.5. The minimum absolute atomic E-state index is 0.00929. The molecule has 0 atom stereocenters. The van der Waals surface area contributed by atoms with Gasteiger partial charge in [-0.15, -0.1) is 0 Å². The SMILES string of the molecule is Cc1ccc2nc(-c3cc(NC(=S)NC(=O)/C=C/c4ccc(-c5ccccc5)o4)ccc3O)oc2c1. The third-order valence-corrected chi connectivity index (χ3v) is 5.55. The summed E-state index contributed by atoms with van der Waals surface area (Å²) in [6.45, 7) is 1.96. The van der Waals surface area contributed by atoms with E-state index in [9.17, 15) is 9.90 Å². The highest BCUT2D eigenvalue weighted by atomic mass is 32.1. The molecule has 3 aromatic carbocycles. The number of oxazole rings is 1. The Hall–Kier alpha value is -4.69. The summed E-state index contributed by atoms with van der Waals surface area (Å²) in [7, 11) is 0. The molecule has 0 radical (unpaired) electrons. The Bertz CT molecular complexity index is 1600. The maximum Gasteiger partial charge on any atom is 0.250 e. The highest BCUT2D eigenvalue weighted by Gasteiger charge is 2.14. The molecule has 0 spiro atoms. The van der Waals surface area contributed by atoms with Crippen molar-refractivity contribution in [2.24, 2.45) is 0 Å². The quantitative estimate of drug-likeness (QED) is 0.150. The van der Waals surface area contributed by atoms with Crippen molar-refractivity contribution < 1.29 is 18.7 Å². The minimum atomic E-state index is -0.418. The van der Waals surface area contributed by atoms with E-state index in [0.717, 1.165) is 11.1 Å². The molecule has 0 saturated heterocycles. The van der Waals surface area contributed by atoms with Crippen LogP contribution < -0.4 is 10.6 Å². The van der Waals surface area contributed by atoms with E-state index in [1.165, 1.54) is 12.1 Å². The number of anilines is 1. The van der Waals surface area contributed by atoms with E-state index < -0.39 is 5.91 Å². The Morgan fingerprint density at radius 3 is 2.67 bits per heavy atom. The van der Waals surface area contributed by atoms with Crippen molar-refractivity contribution in [2.45, 2.75) is 6.92 Å². The molecule has 0 aliphatic heterocycles. The number of hydrogen-bond donors (Lipinski definition) is 3. The number of nitrogens with zero attached hydrogens (tertiary/aromatic N) is 1. The third kappa shape index (κ3) is 5.18. The molecule has 3 N–H and O–H groups in total. The molecular weight excluding hydrogens is 474 g/mol. The average Bonchev–Trinajstić information content (AvgIpc) is 3.51. The number of carbonyl (C=O) groups excluding carboxylic acids is 1. The molecule has 8 heteroatoms. The predicted octanol–water partition coefficient (Wildman–Crippen LogP) is 6.30. The zero-order valence-electron chi connectivity index (χ0n) is 19.2. The van der Waals surface area contributed by atoms with Crippen molar-refractivity contribution in [3.63, 3.8) is 0 Å². The lowest BCUT2D eigenvalue weighted by molar-refractivity contribution is -0.115. The smallest absolute Gasteiger partial charge is 0.250 e. The van der Waals surface area contributed by atoms with Crippen LogP contribution in [-0.2, 0) is 4.79 Å². The lowest BCUT2D eigenvalue weighted by atomic mass is 10.1. The molecule has 0 saturated carbocycles. The maximum atomic E-state index is 12.3. The normalized spacial score (nSPS) is 11.1. The van der Waals surface area contributed by atoms with E-state index in [-0.39, 0.29) is 16.8 Å². The average molecular weight is 496 g/mol. The fourth-order valence-corrected chi connectivity index (χ4v) is 3.82. The van der Waals surface area contributed by atoms with Crippen molar-refractivity contribution in [3.8, 4) is 28.5 Å². The molecule has 178 valence electrons. The van der Waals surface area contributed by atoms with E-state index in [4.69, 9.17) is 21.1 Å². The summed E-state index contributed by atoms with van der Waals surface area (Å²) in [4.78, 5) is 16.8. The largest absolute Gasteiger partial charge is 0.507 e. The number of furan rings is 1. The van der Waals surface area contributed by atoms with Gasteiger partial charge in [0.2, 0.25) is 11.8 Å². The number of aromatic hydroxyl groups is 1. The van der Waals surface area contributed by atoms with Gasteiger partial charge in [-0.1, -0.05) is 36.4 Å². The van der Waals surface area contributed by atoms with Gasteiger partial charge < -0.3 is 19.3 Å². The molecule has 0 aliphatic rings. The fourth-order valence-electron chi connectivity index (χ4n) is 3.61. The predicted molar refractivity (Wildman–Crippen MR) is 143 cm³/mol. The van der Waals surface area contributed by atoms with Crippen molar-refractivity contribution in [1.82, 2.24) is 10.3 Å². The van der Waals surface area contributed by atoms with Crippen LogP contribution >= 0.6 is 12.2 Å². The van der Waals surface area contributed by atoms with Gasteiger partial charge in [0.15, 0.2) is 10.7 Å². The van der Waals surface area contributed by atoms with Gasteiger partial charge in [0.05, 0.1) is 5.56 Å². The summed E-state index contributed by atoms with van der Waals surface area (Å²) in [5.41, 5.74) is 4.26. The Kier molecular flexibility index (Phi) is 6.34. The standard InChI is InChI=1S/C28H21N3O4S/c1-17-7-11-22-25(15-17)35-27(30-22)21-16-19(8-12-23(21)32)29-28(36)31-26(33)14-10-20-9-13-24(34-20)18-5-3-2-4-6-18/h2-16,32H,1H3,(H2,29,31,33,36)/b14-10+. The van der Waals surface area contributed by atoms with Crippen LogP contribution in [0.5, 0.6) is 5.75 Å². The second kappa shape index (κ2) is 9.89. The van der Waals surface area contributed by atoms with E-state index in [0.29, 0.717) is 33.9 Å². The zero-order valence-corrected chi connectivity index (χ0v) is 20.0. The number of thiocarbonyl (C=S) groups is 1. The van der Waals surface area contributed by atoms with E-state index >= 15 is 0 Å². The number of hydrogen-bond acceptors (Lipinski definition) is 6. The van der Waals surface area contributed by atoms with Crippen LogP contribution in [0.1, 0.15) is 11.3 Å². The Labute approximate surface area is 212 Å². The molecule has 7 nitrogen and oxygen atoms in total. The number of fused-ring (bicyclic) bond motifs is 1. The Morgan fingerprint density at radius 1 is 1.00 bits per heavy atom. The van der Waals surface area contributed by atoms with Gasteiger partial charge in [0, 0.05) is 17.3 Å². The van der Waals surface area contributed by atoms with Crippen LogP contribution in [0.4, 0.5) is 5.69 Å². The molecule has 2 heterocycles. The highest BCUT2D eigenvalue weighted by Crippen LogP contribution is 2.33. The molecule has 1 amide bonds. The minimum Gasteiger partial charge on any atom is -0.507 e. The number of aromatic nitrogens is 1. The third-order valence-electron chi connectivity index (χ3n) is 5.35. The topological polar surface area (TPSA) is 101 Å². The van der Waals surface area contributed by atoms with E-state index in [2.05, 4.69) is 15.6 Å². The Morgan fingerprint density at radius 2 is 1.83 bits per heavy atom. The summed E-state index contributed by atoms with van der Waals surface area (Å²) in [5, 5.41) is 16.0. The van der Waals surface area contributed by atoms with E-state index in [1.807, 2.05) is 61.5 Å². The first kappa shape index (κ1) is 23.1. The van der Waals surface area contributed by atoms with Crippen LogP contribution in [-0.4, -0.2) is 21.1 Å². The van der Waals surface area contributed by atoms with Gasteiger partial charge in [-0.05, 0) is 73.2 Å². The molecule has 5 aromatic rings. The second-order valence-electron chi connectivity index (χ2n) is 8.07. The fraction of sp³-hybridized carbons (Fsp3) is 0.0357. The summed E-state index contributed by atoms with van der Waals surface area (Å²) >= 11 is 5.27. The van der Waals surface area contributed by atoms with Crippen LogP contribution in [0.2, 0.25) is 0 Å². The van der Waals surface area contributed by atoms with Gasteiger partial charge >= 0.3 is 0 Å². The monoisotopic (exact) mass is 495 g/mol. The number of rotatable bonds is 5. The van der Waals surface area contributed by atoms with Crippen LogP contribution in [0.3, 0.4) is 0 Å².